The minimum atomic E-state index is -0.645. The number of ether oxygens (including phenoxy) is 1. The first-order valence-electron chi connectivity index (χ1n) is 15.2. The van der Waals surface area contributed by atoms with Crippen LogP contribution in [0.4, 0.5) is 0 Å². The van der Waals surface area contributed by atoms with E-state index in [4.69, 9.17) is 21.3 Å². The highest BCUT2D eigenvalue weighted by atomic mass is 35.5. The van der Waals surface area contributed by atoms with Gasteiger partial charge in [-0.2, -0.15) is 0 Å². The van der Waals surface area contributed by atoms with Gasteiger partial charge in [-0.15, -0.1) is 0 Å². The SMILES string of the molecule is CCOC(=O)C1=C(C)N=c2s/c(=C\c3c(C)n(Cc4ccccc4Cl)c4ccc(C)cc34)c(=O)n2[C@@H]1c1ccc(C(C)C)cc1. The lowest BCUT2D eigenvalue weighted by Crippen LogP contribution is -2.40. The molecule has 1 atom stereocenters. The molecule has 0 N–H and O–H groups in total. The first kappa shape index (κ1) is 30.8. The maximum absolute atomic E-state index is 14.3. The van der Waals surface area contributed by atoms with E-state index >= 15 is 0 Å². The standard InChI is InChI=1S/C37H36ClN3O3S/c1-7-44-36(43)33-23(5)39-37-41(34(33)26-15-13-25(14-16-26)21(2)3)35(42)32(45-37)19-28-24(6)40(20-27-10-8-9-11-30(27)38)31-17-12-22(4)18-29(28)31/h8-19,21,34H,7,20H2,1-6H3/b32-19-/t34-/m1/s1. The van der Waals surface area contributed by atoms with Crippen molar-refractivity contribution in [2.24, 2.45) is 4.99 Å². The van der Waals surface area contributed by atoms with Gasteiger partial charge in [-0.1, -0.05) is 90.9 Å². The topological polar surface area (TPSA) is 65.6 Å². The van der Waals surface area contributed by atoms with E-state index in [1.54, 1.807) is 11.5 Å². The second kappa shape index (κ2) is 12.3. The number of aromatic nitrogens is 2. The van der Waals surface area contributed by atoms with Gasteiger partial charge in [0, 0.05) is 33.7 Å². The van der Waals surface area contributed by atoms with Gasteiger partial charge in [-0.05, 0) is 74.6 Å². The average Bonchev–Trinajstić information content (AvgIpc) is 3.45. The minimum Gasteiger partial charge on any atom is -0.463 e. The first-order chi connectivity index (χ1) is 21.6. The Morgan fingerprint density at radius 2 is 1.80 bits per heavy atom. The lowest BCUT2D eigenvalue weighted by molar-refractivity contribution is -0.139. The zero-order valence-corrected chi connectivity index (χ0v) is 27.9. The molecule has 5 aromatic rings. The summed E-state index contributed by atoms with van der Waals surface area (Å²) in [4.78, 5) is 33.0. The Labute approximate surface area is 271 Å². The molecule has 0 saturated carbocycles. The number of carbonyl (C=O) groups excluding carboxylic acids is 1. The van der Waals surface area contributed by atoms with Gasteiger partial charge >= 0.3 is 5.97 Å². The van der Waals surface area contributed by atoms with E-state index in [0.717, 1.165) is 43.9 Å². The van der Waals surface area contributed by atoms with Crippen molar-refractivity contribution in [2.75, 3.05) is 6.61 Å². The Morgan fingerprint density at radius 1 is 1.07 bits per heavy atom. The Kier molecular flexibility index (Phi) is 8.42. The third kappa shape index (κ3) is 5.60. The molecule has 45 heavy (non-hydrogen) atoms. The van der Waals surface area contributed by atoms with Crippen LogP contribution in [0.25, 0.3) is 17.0 Å². The molecule has 0 spiro atoms. The number of halogens is 1. The van der Waals surface area contributed by atoms with Crippen molar-refractivity contribution in [1.82, 2.24) is 9.13 Å². The fraction of sp³-hybridized carbons (Fsp3) is 0.270. The van der Waals surface area contributed by atoms with E-state index in [0.29, 0.717) is 33.1 Å². The van der Waals surface area contributed by atoms with Gasteiger partial charge in [-0.25, -0.2) is 9.79 Å². The van der Waals surface area contributed by atoms with Crippen LogP contribution in [0.15, 0.2) is 87.8 Å². The number of carbonyl (C=O) groups is 1. The fourth-order valence-corrected chi connectivity index (χ4v) is 7.33. The zero-order valence-electron chi connectivity index (χ0n) is 26.3. The summed E-state index contributed by atoms with van der Waals surface area (Å²) in [6.45, 7) is 12.9. The lowest BCUT2D eigenvalue weighted by atomic mass is 9.93. The summed E-state index contributed by atoms with van der Waals surface area (Å²) >= 11 is 7.90. The number of allylic oxidation sites excluding steroid dienone is 1. The molecule has 0 bridgehead atoms. The molecule has 0 amide bonds. The number of hydrogen-bond acceptors (Lipinski definition) is 5. The van der Waals surface area contributed by atoms with Crippen molar-refractivity contribution in [3.05, 3.63) is 136 Å². The third-order valence-electron chi connectivity index (χ3n) is 8.53. The monoisotopic (exact) mass is 637 g/mol. The quantitative estimate of drug-likeness (QED) is 0.177. The second-order valence-corrected chi connectivity index (χ2v) is 13.2. The second-order valence-electron chi connectivity index (χ2n) is 11.8. The summed E-state index contributed by atoms with van der Waals surface area (Å²) in [7, 11) is 0. The van der Waals surface area contributed by atoms with Crippen LogP contribution in [0.1, 0.15) is 73.2 Å². The van der Waals surface area contributed by atoms with Crippen LogP contribution in [-0.2, 0) is 16.1 Å². The number of rotatable bonds is 7. The molecule has 0 saturated heterocycles. The van der Waals surface area contributed by atoms with Gasteiger partial charge in [0.25, 0.3) is 5.56 Å². The smallest absolute Gasteiger partial charge is 0.338 e. The van der Waals surface area contributed by atoms with Crippen molar-refractivity contribution < 1.29 is 9.53 Å². The molecule has 0 unspecified atom stereocenters. The van der Waals surface area contributed by atoms with Crippen molar-refractivity contribution in [3.8, 4) is 0 Å². The number of hydrogen-bond donors (Lipinski definition) is 0. The van der Waals surface area contributed by atoms with Crippen molar-refractivity contribution in [1.29, 1.82) is 0 Å². The summed E-state index contributed by atoms with van der Waals surface area (Å²) in [5.74, 6) is -0.102. The molecule has 0 fully saturated rings. The van der Waals surface area contributed by atoms with Gasteiger partial charge < -0.3 is 9.30 Å². The lowest BCUT2D eigenvalue weighted by Gasteiger charge is -2.25. The summed E-state index contributed by atoms with van der Waals surface area (Å²) in [6, 6.07) is 21.8. The molecule has 6 nitrogen and oxygen atoms in total. The maximum atomic E-state index is 14.3. The minimum absolute atomic E-state index is 0.190. The number of benzene rings is 3. The summed E-state index contributed by atoms with van der Waals surface area (Å²) in [6.07, 6.45) is 1.98. The number of nitrogens with zero attached hydrogens (tertiary/aromatic N) is 3. The predicted octanol–water partition coefficient (Wildman–Crippen LogP) is 7.19. The highest BCUT2D eigenvalue weighted by Crippen LogP contribution is 2.33. The maximum Gasteiger partial charge on any atom is 0.338 e. The van der Waals surface area contributed by atoms with E-state index in [2.05, 4.69) is 62.6 Å². The van der Waals surface area contributed by atoms with Gasteiger partial charge in [0.2, 0.25) is 0 Å². The molecule has 3 aromatic carbocycles. The van der Waals surface area contributed by atoms with Crippen LogP contribution < -0.4 is 14.9 Å². The highest BCUT2D eigenvalue weighted by molar-refractivity contribution is 7.07. The molecule has 0 aliphatic carbocycles. The van der Waals surface area contributed by atoms with Crippen molar-refractivity contribution >= 4 is 45.9 Å². The van der Waals surface area contributed by atoms with E-state index < -0.39 is 12.0 Å². The van der Waals surface area contributed by atoms with Crippen molar-refractivity contribution in [3.63, 3.8) is 0 Å². The van der Waals surface area contributed by atoms with Crippen molar-refractivity contribution in [2.45, 2.75) is 60.0 Å². The van der Waals surface area contributed by atoms with Crippen LogP contribution in [0.3, 0.4) is 0 Å². The molecule has 3 heterocycles. The molecule has 2 aromatic heterocycles. The molecule has 1 aliphatic rings. The van der Waals surface area contributed by atoms with E-state index in [9.17, 15) is 9.59 Å². The molecule has 0 radical (unpaired) electrons. The molecule has 230 valence electrons. The highest BCUT2D eigenvalue weighted by Gasteiger charge is 2.33. The fourth-order valence-electron chi connectivity index (χ4n) is 6.11. The van der Waals surface area contributed by atoms with Gasteiger partial charge in [0.15, 0.2) is 4.80 Å². The molecule has 1 aliphatic heterocycles. The summed E-state index contributed by atoms with van der Waals surface area (Å²) in [5.41, 5.74) is 8.01. The van der Waals surface area contributed by atoms with Gasteiger partial charge in [0.1, 0.15) is 0 Å². The van der Waals surface area contributed by atoms with E-state index in [1.807, 2.05) is 49.4 Å². The van der Waals surface area contributed by atoms with Crippen LogP contribution in [0.5, 0.6) is 0 Å². The zero-order chi connectivity index (χ0) is 32.0. The Bertz CT molecular complexity index is 2170. The van der Waals surface area contributed by atoms with E-state index in [-0.39, 0.29) is 12.2 Å². The summed E-state index contributed by atoms with van der Waals surface area (Å²) < 4.78 is 9.93. The predicted molar refractivity (Wildman–Crippen MR) is 183 cm³/mol. The molecular formula is C37H36ClN3O3S. The summed E-state index contributed by atoms with van der Waals surface area (Å²) in [5, 5.41) is 1.78. The van der Waals surface area contributed by atoms with Crippen LogP contribution >= 0.6 is 22.9 Å². The normalized spacial score (nSPS) is 15.1. The van der Waals surface area contributed by atoms with Crippen LogP contribution in [0.2, 0.25) is 5.02 Å². The van der Waals surface area contributed by atoms with Crippen LogP contribution in [-0.4, -0.2) is 21.7 Å². The van der Waals surface area contributed by atoms with E-state index in [1.165, 1.54) is 16.9 Å². The van der Waals surface area contributed by atoms with Crippen LogP contribution in [0, 0.1) is 13.8 Å². The largest absolute Gasteiger partial charge is 0.463 e. The number of aryl methyl sites for hydroxylation is 1. The Hall–Kier alpha value is -4.20. The Balaban J connectivity index is 1.56. The molecular weight excluding hydrogens is 602 g/mol. The number of thiazole rings is 1. The molecule has 6 rings (SSSR count). The molecule has 8 heteroatoms. The third-order valence-corrected chi connectivity index (χ3v) is 9.88. The Morgan fingerprint density at radius 3 is 2.49 bits per heavy atom. The van der Waals surface area contributed by atoms with Gasteiger partial charge in [0.05, 0.1) is 28.5 Å². The first-order valence-corrected chi connectivity index (χ1v) is 16.4. The van der Waals surface area contributed by atoms with Gasteiger partial charge in [-0.3, -0.25) is 9.36 Å². The average molecular weight is 638 g/mol. The number of fused-ring (bicyclic) bond motifs is 2. The number of esters is 1.